The summed E-state index contributed by atoms with van der Waals surface area (Å²) in [5.74, 6) is 0.559. The molecular formula is C24H27N5O2S. The highest BCUT2D eigenvalue weighted by molar-refractivity contribution is 7.80. The molecule has 0 saturated carbocycles. The quantitative estimate of drug-likeness (QED) is 0.454. The van der Waals surface area contributed by atoms with E-state index in [1.165, 1.54) is 0 Å². The van der Waals surface area contributed by atoms with Gasteiger partial charge in [-0.25, -0.2) is 4.98 Å². The van der Waals surface area contributed by atoms with Crippen molar-refractivity contribution < 1.29 is 9.53 Å². The van der Waals surface area contributed by atoms with Crippen LogP contribution in [-0.4, -0.2) is 43.7 Å². The van der Waals surface area contributed by atoms with E-state index in [0.29, 0.717) is 11.7 Å². The van der Waals surface area contributed by atoms with E-state index in [0.717, 1.165) is 34.0 Å². The number of ether oxygens (including phenoxy) is 1. The maximum atomic E-state index is 12.4. The Kier molecular flexibility index (Phi) is 6.23. The Morgan fingerprint density at radius 1 is 1.16 bits per heavy atom. The molecule has 4 heterocycles. The first kappa shape index (κ1) is 22.0. The van der Waals surface area contributed by atoms with E-state index in [4.69, 9.17) is 17.0 Å². The number of nitrogens with zero attached hydrogens (tertiary/aromatic N) is 4. The van der Waals surface area contributed by atoms with Gasteiger partial charge in [-0.05, 0) is 81.4 Å². The summed E-state index contributed by atoms with van der Waals surface area (Å²) >= 11 is 5.65. The third-order valence-electron chi connectivity index (χ3n) is 5.72. The monoisotopic (exact) mass is 449 g/mol. The summed E-state index contributed by atoms with van der Waals surface area (Å²) in [5, 5.41) is 3.89. The lowest BCUT2D eigenvalue weighted by atomic mass is 9.97. The topological polar surface area (TPSA) is 72.3 Å². The normalized spacial score (nSPS) is 18.0. The van der Waals surface area contributed by atoms with Crippen molar-refractivity contribution in [1.82, 2.24) is 24.8 Å². The van der Waals surface area contributed by atoms with Crippen LogP contribution in [0.3, 0.4) is 0 Å². The van der Waals surface area contributed by atoms with Gasteiger partial charge in [-0.3, -0.25) is 9.78 Å². The van der Waals surface area contributed by atoms with Gasteiger partial charge in [0.05, 0.1) is 24.4 Å². The van der Waals surface area contributed by atoms with Crippen LogP contribution in [0.5, 0.6) is 0 Å². The van der Waals surface area contributed by atoms with Crippen LogP contribution < -0.4 is 5.32 Å². The van der Waals surface area contributed by atoms with Crippen molar-refractivity contribution in [3.8, 4) is 5.82 Å². The molecule has 3 aromatic rings. The summed E-state index contributed by atoms with van der Waals surface area (Å²) in [6, 6.07) is 11.6. The van der Waals surface area contributed by atoms with Crippen molar-refractivity contribution in [3.63, 3.8) is 0 Å². The third kappa shape index (κ3) is 4.10. The summed E-state index contributed by atoms with van der Waals surface area (Å²) in [5.41, 5.74) is 5.18. The predicted octanol–water partition coefficient (Wildman–Crippen LogP) is 3.73. The van der Waals surface area contributed by atoms with Crippen LogP contribution in [0.2, 0.25) is 0 Å². The third-order valence-corrected chi connectivity index (χ3v) is 6.07. The molecule has 1 fully saturated rings. The van der Waals surface area contributed by atoms with Gasteiger partial charge in [0, 0.05) is 23.8 Å². The number of thiocarbonyl (C=S) groups is 1. The number of esters is 1. The standard InChI is InChI=1S/C24H27N5O2S/c1-5-31-21(30)14-28-23(22(27-24(28)32)19-8-6-7-10-25-19)18-13-16(3)29(17(18)4)20-12-15(2)9-11-26-20/h6-13,22-23H,5,14H2,1-4H3,(H,27,32)/t22-,23+/m1/s1. The van der Waals surface area contributed by atoms with Gasteiger partial charge >= 0.3 is 5.97 Å². The Morgan fingerprint density at radius 2 is 1.97 bits per heavy atom. The Hall–Kier alpha value is -3.26. The Bertz CT molecular complexity index is 1140. The first-order valence-electron chi connectivity index (χ1n) is 10.7. The van der Waals surface area contributed by atoms with Gasteiger partial charge in [0.15, 0.2) is 5.11 Å². The molecule has 8 heteroatoms. The predicted molar refractivity (Wildman–Crippen MR) is 127 cm³/mol. The van der Waals surface area contributed by atoms with E-state index in [1.54, 1.807) is 13.1 Å². The summed E-state index contributed by atoms with van der Waals surface area (Å²) in [6.45, 7) is 8.39. The fourth-order valence-electron chi connectivity index (χ4n) is 4.34. The van der Waals surface area contributed by atoms with Gasteiger partial charge in [-0.1, -0.05) is 6.07 Å². The number of rotatable bonds is 6. The lowest BCUT2D eigenvalue weighted by Crippen LogP contribution is -2.35. The lowest BCUT2D eigenvalue weighted by Gasteiger charge is -2.27. The summed E-state index contributed by atoms with van der Waals surface area (Å²) in [7, 11) is 0. The first-order chi connectivity index (χ1) is 15.4. The number of carbonyl (C=O) groups excluding carboxylic acids is 1. The number of hydrogen-bond donors (Lipinski definition) is 1. The van der Waals surface area contributed by atoms with Gasteiger partial charge in [0.25, 0.3) is 0 Å². The van der Waals surface area contributed by atoms with Gasteiger partial charge in [-0.2, -0.15) is 0 Å². The minimum Gasteiger partial charge on any atom is -0.465 e. The number of aromatic nitrogens is 3. The molecule has 0 bridgehead atoms. The highest BCUT2D eigenvalue weighted by Gasteiger charge is 2.42. The van der Waals surface area contributed by atoms with Gasteiger partial charge < -0.3 is 19.5 Å². The molecule has 0 radical (unpaired) electrons. The molecule has 0 unspecified atom stereocenters. The molecule has 1 aliphatic heterocycles. The van der Waals surface area contributed by atoms with Crippen LogP contribution in [0.4, 0.5) is 0 Å². The average molecular weight is 450 g/mol. The van der Waals surface area contributed by atoms with Crippen molar-refractivity contribution in [3.05, 3.63) is 77.0 Å². The zero-order valence-electron chi connectivity index (χ0n) is 18.7. The molecule has 166 valence electrons. The minimum atomic E-state index is -0.308. The van der Waals surface area contributed by atoms with Crippen LogP contribution >= 0.6 is 12.2 Å². The molecule has 32 heavy (non-hydrogen) atoms. The van der Waals surface area contributed by atoms with Crippen LogP contribution in [0.1, 0.15) is 47.2 Å². The zero-order chi connectivity index (χ0) is 22.8. The fraction of sp³-hybridized carbons (Fsp3) is 0.333. The first-order valence-corrected chi connectivity index (χ1v) is 11.1. The molecule has 1 saturated heterocycles. The number of aryl methyl sites for hydroxylation is 2. The number of pyridine rings is 2. The molecule has 3 aromatic heterocycles. The van der Waals surface area contributed by atoms with Crippen molar-refractivity contribution in [2.75, 3.05) is 13.2 Å². The molecule has 0 aliphatic carbocycles. The molecule has 4 rings (SSSR count). The van der Waals surface area contributed by atoms with Crippen molar-refractivity contribution in [2.24, 2.45) is 0 Å². The molecule has 2 atom stereocenters. The fourth-order valence-corrected chi connectivity index (χ4v) is 4.65. The second kappa shape index (κ2) is 9.08. The summed E-state index contributed by atoms with van der Waals surface area (Å²) in [6.07, 6.45) is 3.59. The Balaban J connectivity index is 1.81. The Labute approximate surface area is 193 Å². The maximum absolute atomic E-state index is 12.4. The van der Waals surface area contributed by atoms with Crippen molar-refractivity contribution >= 4 is 23.3 Å². The molecule has 0 spiro atoms. The van der Waals surface area contributed by atoms with Crippen LogP contribution in [0.15, 0.2) is 48.8 Å². The smallest absolute Gasteiger partial charge is 0.325 e. The van der Waals surface area contributed by atoms with E-state index in [2.05, 4.69) is 52.8 Å². The second-order valence-corrected chi connectivity index (χ2v) is 8.30. The largest absolute Gasteiger partial charge is 0.465 e. The lowest BCUT2D eigenvalue weighted by molar-refractivity contribution is -0.143. The molecule has 0 amide bonds. The van der Waals surface area contributed by atoms with E-state index in [1.807, 2.05) is 35.4 Å². The molecular weight excluding hydrogens is 422 g/mol. The number of nitrogens with one attached hydrogen (secondary N) is 1. The van der Waals surface area contributed by atoms with E-state index in [-0.39, 0.29) is 24.6 Å². The average Bonchev–Trinajstić information content (AvgIpc) is 3.24. The van der Waals surface area contributed by atoms with Gasteiger partial charge in [-0.15, -0.1) is 0 Å². The highest BCUT2D eigenvalue weighted by Crippen LogP contribution is 2.41. The molecule has 1 N–H and O–H groups in total. The SMILES string of the molecule is CCOC(=O)CN1C(=S)N[C@H](c2ccccn2)[C@@H]1c1cc(C)n(-c2cc(C)ccn2)c1C. The maximum Gasteiger partial charge on any atom is 0.325 e. The second-order valence-electron chi connectivity index (χ2n) is 7.91. The van der Waals surface area contributed by atoms with E-state index < -0.39 is 0 Å². The Morgan fingerprint density at radius 3 is 2.66 bits per heavy atom. The van der Waals surface area contributed by atoms with Gasteiger partial charge in [0.2, 0.25) is 0 Å². The highest BCUT2D eigenvalue weighted by atomic mass is 32.1. The van der Waals surface area contributed by atoms with E-state index >= 15 is 0 Å². The van der Waals surface area contributed by atoms with Crippen LogP contribution in [-0.2, 0) is 9.53 Å². The minimum absolute atomic E-state index is 0.0695. The van der Waals surface area contributed by atoms with Gasteiger partial charge in [0.1, 0.15) is 12.4 Å². The number of hydrogen-bond acceptors (Lipinski definition) is 5. The van der Waals surface area contributed by atoms with Crippen LogP contribution in [0, 0.1) is 20.8 Å². The molecule has 0 aromatic carbocycles. The molecule has 1 aliphatic rings. The molecule has 7 nitrogen and oxygen atoms in total. The summed E-state index contributed by atoms with van der Waals surface area (Å²) in [4.78, 5) is 23.4. The summed E-state index contributed by atoms with van der Waals surface area (Å²) < 4.78 is 7.36. The number of carbonyl (C=O) groups is 1. The van der Waals surface area contributed by atoms with Crippen molar-refractivity contribution in [2.45, 2.75) is 39.8 Å². The van der Waals surface area contributed by atoms with Crippen molar-refractivity contribution in [1.29, 1.82) is 0 Å². The zero-order valence-corrected chi connectivity index (χ0v) is 19.5. The van der Waals surface area contributed by atoms with E-state index in [9.17, 15) is 4.79 Å². The van der Waals surface area contributed by atoms with Crippen LogP contribution in [0.25, 0.3) is 5.82 Å².